The first kappa shape index (κ1) is 17.1. The summed E-state index contributed by atoms with van der Waals surface area (Å²) in [5, 5.41) is 2.93. The fourth-order valence-electron chi connectivity index (χ4n) is 3.14. The second kappa shape index (κ2) is 7.05. The van der Waals surface area contributed by atoms with Gasteiger partial charge in [-0.3, -0.25) is 9.59 Å². The SMILES string of the molecule is CC1(C(=O)NCc2ccccc2)CCC(=O)N1Cc1ccc(F)cc1. The molecule has 1 saturated heterocycles. The molecule has 2 amide bonds. The second-order valence-corrected chi connectivity index (χ2v) is 6.55. The Hall–Kier alpha value is -2.69. The van der Waals surface area contributed by atoms with E-state index in [9.17, 15) is 14.0 Å². The zero-order valence-corrected chi connectivity index (χ0v) is 14.2. The van der Waals surface area contributed by atoms with Crippen LogP contribution >= 0.6 is 0 Å². The topological polar surface area (TPSA) is 49.4 Å². The fraction of sp³-hybridized carbons (Fsp3) is 0.300. The summed E-state index contributed by atoms with van der Waals surface area (Å²) in [7, 11) is 0. The normalized spacial score (nSPS) is 19.9. The third-order valence-electron chi connectivity index (χ3n) is 4.76. The number of amides is 2. The molecule has 0 aromatic heterocycles. The molecule has 4 nitrogen and oxygen atoms in total. The van der Waals surface area contributed by atoms with Crippen LogP contribution in [-0.2, 0) is 22.7 Å². The Morgan fingerprint density at radius 3 is 2.48 bits per heavy atom. The van der Waals surface area contributed by atoms with Crippen LogP contribution in [0.3, 0.4) is 0 Å². The smallest absolute Gasteiger partial charge is 0.245 e. The van der Waals surface area contributed by atoms with E-state index in [0.717, 1.165) is 11.1 Å². The van der Waals surface area contributed by atoms with E-state index in [1.54, 1.807) is 24.0 Å². The van der Waals surface area contributed by atoms with Crippen molar-refractivity contribution in [3.8, 4) is 0 Å². The highest BCUT2D eigenvalue weighted by molar-refractivity contribution is 5.94. The largest absolute Gasteiger partial charge is 0.350 e. The van der Waals surface area contributed by atoms with Gasteiger partial charge in [0.15, 0.2) is 0 Å². The number of hydrogen-bond acceptors (Lipinski definition) is 2. The molecule has 2 aromatic rings. The van der Waals surface area contributed by atoms with E-state index < -0.39 is 5.54 Å². The van der Waals surface area contributed by atoms with E-state index in [2.05, 4.69) is 5.32 Å². The summed E-state index contributed by atoms with van der Waals surface area (Å²) >= 11 is 0. The zero-order chi connectivity index (χ0) is 17.9. The number of nitrogens with zero attached hydrogens (tertiary/aromatic N) is 1. The van der Waals surface area contributed by atoms with Gasteiger partial charge in [-0.05, 0) is 36.6 Å². The minimum Gasteiger partial charge on any atom is -0.350 e. The third kappa shape index (κ3) is 3.71. The average molecular weight is 340 g/mol. The number of hydrogen-bond donors (Lipinski definition) is 1. The molecular formula is C20H21FN2O2. The number of benzene rings is 2. The molecule has 1 aliphatic rings. The van der Waals surface area contributed by atoms with Crippen molar-refractivity contribution in [3.05, 3.63) is 71.5 Å². The van der Waals surface area contributed by atoms with Crippen LogP contribution in [0.1, 0.15) is 30.9 Å². The highest BCUT2D eigenvalue weighted by Crippen LogP contribution is 2.32. The first-order chi connectivity index (χ1) is 12.0. The number of carbonyl (C=O) groups excluding carboxylic acids is 2. The van der Waals surface area contributed by atoms with Crippen LogP contribution in [0.5, 0.6) is 0 Å². The summed E-state index contributed by atoms with van der Waals surface area (Å²) < 4.78 is 13.1. The molecule has 1 fully saturated rings. The van der Waals surface area contributed by atoms with Gasteiger partial charge in [0.05, 0.1) is 0 Å². The molecule has 1 N–H and O–H groups in total. The van der Waals surface area contributed by atoms with Crippen molar-refractivity contribution < 1.29 is 14.0 Å². The quantitative estimate of drug-likeness (QED) is 0.909. The highest BCUT2D eigenvalue weighted by atomic mass is 19.1. The number of carbonyl (C=O) groups is 2. The van der Waals surface area contributed by atoms with Gasteiger partial charge in [0.25, 0.3) is 0 Å². The molecule has 0 aliphatic carbocycles. The lowest BCUT2D eigenvalue weighted by molar-refractivity contribution is -0.141. The van der Waals surface area contributed by atoms with E-state index in [4.69, 9.17) is 0 Å². The first-order valence-electron chi connectivity index (χ1n) is 8.36. The maximum absolute atomic E-state index is 13.1. The van der Waals surface area contributed by atoms with Crippen molar-refractivity contribution in [1.29, 1.82) is 0 Å². The molecule has 130 valence electrons. The molecule has 0 saturated carbocycles. The van der Waals surface area contributed by atoms with Gasteiger partial charge >= 0.3 is 0 Å². The molecule has 0 bridgehead atoms. The van der Waals surface area contributed by atoms with Crippen LogP contribution in [-0.4, -0.2) is 22.3 Å². The molecule has 1 heterocycles. The lowest BCUT2D eigenvalue weighted by Crippen LogP contribution is -2.53. The Kier molecular flexibility index (Phi) is 4.83. The van der Waals surface area contributed by atoms with Gasteiger partial charge in [0.1, 0.15) is 11.4 Å². The Morgan fingerprint density at radius 1 is 1.12 bits per heavy atom. The lowest BCUT2D eigenvalue weighted by atomic mass is 9.97. The summed E-state index contributed by atoms with van der Waals surface area (Å²) in [4.78, 5) is 26.7. The Bertz CT molecular complexity index is 761. The van der Waals surface area contributed by atoms with Crippen LogP contribution in [0.4, 0.5) is 4.39 Å². The van der Waals surface area contributed by atoms with Gasteiger partial charge in [-0.25, -0.2) is 4.39 Å². The van der Waals surface area contributed by atoms with Gasteiger partial charge in [-0.2, -0.15) is 0 Å². The molecule has 25 heavy (non-hydrogen) atoms. The number of nitrogens with one attached hydrogen (secondary N) is 1. The van der Waals surface area contributed by atoms with Crippen molar-refractivity contribution >= 4 is 11.8 Å². The van der Waals surface area contributed by atoms with E-state index in [0.29, 0.717) is 25.9 Å². The number of halogens is 1. The maximum atomic E-state index is 13.1. The van der Waals surface area contributed by atoms with Gasteiger partial charge in [-0.1, -0.05) is 42.5 Å². The van der Waals surface area contributed by atoms with Crippen molar-refractivity contribution in [2.24, 2.45) is 0 Å². The third-order valence-corrected chi connectivity index (χ3v) is 4.76. The monoisotopic (exact) mass is 340 g/mol. The fourth-order valence-corrected chi connectivity index (χ4v) is 3.14. The second-order valence-electron chi connectivity index (χ2n) is 6.55. The summed E-state index contributed by atoms with van der Waals surface area (Å²) in [5.74, 6) is -0.536. The van der Waals surface area contributed by atoms with Gasteiger partial charge in [-0.15, -0.1) is 0 Å². The van der Waals surface area contributed by atoms with Crippen molar-refractivity contribution in [2.75, 3.05) is 0 Å². The summed E-state index contributed by atoms with van der Waals surface area (Å²) in [6.45, 7) is 2.52. The molecule has 2 aromatic carbocycles. The van der Waals surface area contributed by atoms with Crippen LogP contribution < -0.4 is 5.32 Å². The van der Waals surface area contributed by atoms with E-state index in [-0.39, 0.29) is 17.6 Å². The van der Waals surface area contributed by atoms with E-state index in [1.807, 2.05) is 30.3 Å². The summed E-state index contributed by atoms with van der Waals surface area (Å²) in [6, 6.07) is 15.7. The molecule has 3 rings (SSSR count). The predicted molar refractivity (Wildman–Crippen MR) is 92.9 cm³/mol. The number of likely N-dealkylation sites (tertiary alicyclic amines) is 1. The van der Waals surface area contributed by atoms with Crippen molar-refractivity contribution in [3.63, 3.8) is 0 Å². The Labute approximate surface area is 146 Å². The van der Waals surface area contributed by atoms with Gasteiger partial charge in [0, 0.05) is 19.5 Å². The predicted octanol–water partition coefficient (Wildman–Crippen LogP) is 3.02. The van der Waals surface area contributed by atoms with Crippen LogP contribution in [0.25, 0.3) is 0 Å². The highest BCUT2D eigenvalue weighted by Gasteiger charge is 2.46. The zero-order valence-electron chi connectivity index (χ0n) is 14.2. The molecule has 0 radical (unpaired) electrons. The molecule has 1 atom stereocenters. The number of rotatable bonds is 5. The first-order valence-corrected chi connectivity index (χ1v) is 8.36. The molecule has 0 spiro atoms. The molecule has 5 heteroatoms. The van der Waals surface area contributed by atoms with Crippen LogP contribution in [0.15, 0.2) is 54.6 Å². The summed E-state index contributed by atoms with van der Waals surface area (Å²) in [6.07, 6.45) is 0.824. The average Bonchev–Trinajstić information content (AvgIpc) is 2.92. The van der Waals surface area contributed by atoms with E-state index >= 15 is 0 Å². The summed E-state index contributed by atoms with van der Waals surface area (Å²) in [5.41, 5.74) is 0.924. The van der Waals surface area contributed by atoms with Crippen molar-refractivity contribution in [1.82, 2.24) is 10.2 Å². The van der Waals surface area contributed by atoms with Crippen molar-refractivity contribution in [2.45, 2.75) is 38.4 Å². The molecule has 1 unspecified atom stereocenters. The maximum Gasteiger partial charge on any atom is 0.245 e. The minimum absolute atomic E-state index is 0.0540. The lowest BCUT2D eigenvalue weighted by Gasteiger charge is -2.34. The van der Waals surface area contributed by atoms with Crippen LogP contribution in [0.2, 0.25) is 0 Å². The van der Waals surface area contributed by atoms with Gasteiger partial charge < -0.3 is 10.2 Å². The van der Waals surface area contributed by atoms with Crippen LogP contribution in [0, 0.1) is 5.82 Å². The molecule has 1 aliphatic heterocycles. The minimum atomic E-state index is -0.889. The standard InChI is InChI=1S/C20H21FN2O2/c1-20(19(25)22-13-15-5-3-2-4-6-15)12-11-18(24)23(20)14-16-7-9-17(21)10-8-16/h2-10H,11-14H2,1H3,(H,22,25). The van der Waals surface area contributed by atoms with E-state index in [1.165, 1.54) is 12.1 Å². The Morgan fingerprint density at radius 2 is 1.80 bits per heavy atom. The van der Waals surface area contributed by atoms with Gasteiger partial charge in [0.2, 0.25) is 11.8 Å². The Balaban J connectivity index is 1.71. The molecular weight excluding hydrogens is 319 g/mol.